The molecule has 1 aromatic carbocycles. The molecule has 6 nitrogen and oxygen atoms in total. The van der Waals surface area contributed by atoms with Crippen LogP contribution in [0, 0.1) is 63.4 Å². The van der Waals surface area contributed by atoms with Gasteiger partial charge in [-0.2, -0.15) is 41.3 Å². The molecule has 1 fully saturated rings. The minimum Gasteiger partial charge on any atom is -0.344 e. The Balaban J connectivity index is -0.000000572. The number of benzene rings is 1. The summed E-state index contributed by atoms with van der Waals surface area (Å²) in [5.41, 5.74) is 6.55. The zero-order valence-corrected chi connectivity index (χ0v) is 36.9. The van der Waals surface area contributed by atoms with Gasteiger partial charge in [-0.1, -0.05) is 106 Å². The number of pyridine rings is 1. The summed E-state index contributed by atoms with van der Waals surface area (Å²) in [6, 6.07) is 9.36. The number of rotatable bonds is 7. The van der Waals surface area contributed by atoms with Gasteiger partial charge in [0.25, 0.3) is 0 Å². The molecule has 2 heterocycles. The van der Waals surface area contributed by atoms with Crippen LogP contribution in [0.2, 0.25) is 5.15 Å². The Hall–Kier alpha value is -1.68. The molecule has 264 valence electrons. The molecule has 0 saturated carbocycles. The van der Waals surface area contributed by atoms with Gasteiger partial charge in [0.2, 0.25) is 0 Å². The molecule has 1 unspecified atom stereocenters. The standard InChI is InChI=1S/C13H19.C11H13ClN4O.C7H16.C5H10O.C3H7.U/c1-5-11(4)13-8-7-10(3)9-12(13)6-2;1-7-5-9(12)15-6-8(7)10(13-2)16-4-3-14-11(16)17;1-5-6-7(2,3)4;1-3-4-5(2)6;1-3-2;/h8-9,11H,5-6H2,1-4H3;5-6H,3-4H2,1-2H3,(H,14,17);5-6H2,1-4H3;3-4H2,1-2H3;1,3H2,2H3;/q-1;;;;-1;+2. The molecule has 0 aliphatic carbocycles. The number of aryl methyl sites for hydroxylation is 3. The number of carbonyl (C=O) groups is 2. The molecule has 0 spiro atoms. The molecule has 47 heavy (non-hydrogen) atoms. The first-order chi connectivity index (χ1) is 21.6. The Labute approximate surface area is 318 Å². The maximum Gasteiger partial charge on any atom is 2.00 e. The number of nitrogens with one attached hydrogen (secondary N) is 1. The van der Waals surface area contributed by atoms with Crippen molar-refractivity contribution in [3.63, 3.8) is 0 Å². The van der Waals surface area contributed by atoms with Gasteiger partial charge in [0.05, 0.1) is 0 Å². The van der Waals surface area contributed by atoms with Crippen LogP contribution in [0.25, 0.3) is 0 Å². The number of amidine groups is 1. The van der Waals surface area contributed by atoms with Crippen LogP contribution >= 0.6 is 11.6 Å². The van der Waals surface area contributed by atoms with E-state index in [2.05, 4.69) is 95.8 Å². The summed E-state index contributed by atoms with van der Waals surface area (Å²) in [6.07, 6.45) is 9.36. The summed E-state index contributed by atoms with van der Waals surface area (Å²) in [5, 5.41) is 3.18. The van der Waals surface area contributed by atoms with Crippen LogP contribution in [0.3, 0.4) is 0 Å². The molecule has 1 aromatic heterocycles. The smallest absolute Gasteiger partial charge is 0.344 e. The minimum absolute atomic E-state index is 0. The Kier molecular flexibility index (Phi) is 29.8. The molecule has 1 N–H and O–H groups in total. The van der Waals surface area contributed by atoms with Crippen molar-refractivity contribution >= 4 is 29.3 Å². The maximum absolute atomic E-state index is 11.6. The number of hydrogen-bond donors (Lipinski definition) is 1. The molecule has 8 heteroatoms. The number of amides is 2. The first-order valence-corrected chi connectivity index (χ1v) is 17.4. The number of aromatic nitrogens is 1. The van der Waals surface area contributed by atoms with Crippen molar-refractivity contribution in [2.45, 2.75) is 134 Å². The normalized spacial score (nSPS) is 12.7. The molecular weight excluding hydrogens is 830 g/mol. The minimum atomic E-state index is -0.125. The van der Waals surface area contributed by atoms with Crippen LogP contribution in [0.5, 0.6) is 0 Å². The zero-order valence-electron chi connectivity index (χ0n) is 32.0. The number of aliphatic imine (C=N–C) groups is 1. The average Bonchev–Trinajstić information content (AvgIpc) is 3.40. The van der Waals surface area contributed by atoms with Crippen LogP contribution in [-0.4, -0.2) is 47.7 Å². The average molecular weight is 895 g/mol. The van der Waals surface area contributed by atoms with E-state index in [1.165, 1.54) is 36.0 Å². The van der Waals surface area contributed by atoms with Crippen molar-refractivity contribution in [2.24, 2.45) is 10.4 Å². The number of Topliss-reactive ketones (excluding diaryl/α,β-unsaturated/α-hetero) is 1. The molecule has 0 bridgehead atoms. The van der Waals surface area contributed by atoms with E-state index in [0.29, 0.717) is 35.4 Å². The van der Waals surface area contributed by atoms with Crippen LogP contribution < -0.4 is 5.32 Å². The van der Waals surface area contributed by atoms with Crippen molar-refractivity contribution in [1.82, 2.24) is 15.2 Å². The number of carbonyl (C=O) groups excluding carboxylic acids is 2. The topological polar surface area (TPSA) is 74.7 Å². The van der Waals surface area contributed by atoms with Gasteiger partial charge in [-0.05, 0) is 43.7 Å². The summed E-state index contributed by atoms with van der Waals surface area (Å²) in [5.74, 6) is 1.59. The quantitative estimate of drug-likeness (QED) is 0.130. The summed E-state index contributed by atoms with van der Waals surface area (Å²) < 4.78 is 0. The second-order valence-corrected chi connectivity index (χ2v) is 13.2. The number of halogens is 1. The van der Waals surface area contributed by atoms with Crippen molar-refractivity contribution < 1.29 is 40.7 Å². The summed E-state index contributed by atoms with van der Waals surface area (Å²) in [4.78, 5) is 31.5. The molecule has 1 aliphatic rings. The maximum atomic E-state index is 11.6. The Bertz CT molecular complexity index is 1180. The van der Waals surface area contributed by atoms with Gasteiger partial charge in [0.1, 0.15) is 16.8 Å². The second kappa shape index (κ2) is 28.2. The summed E-state index contributed by atoms with van der Waals surface area (Å²) >= 11 is 5.81. The van der Waals surface area contributed by atoms with Gasteiger partial charge >= 0.3 is 37.1 Å². The first kappa shape index (κ1) is 49.7. The number of urea groups is 1. The molecular formula is C39H65ClN4O2U. The van der Waals surface area contributed by atoms with Crippen molar-refractivity contribution in [3.05, 3.63) is 70.4 Å². The van der Waals surface area contributed by atoms with Crippen LogP contribution in [-0.2, 0) is 11.2 Å². The van der Waals surface area contributed by atoms with E-state index in [1.54, 1.807) is 31.1 Å². The van der Waals surface area contributed by atoms with Crippen LogP contribution in [0.1, 0.15) is 141 Å². The molecule has 1 atom stereocenters. The molecule has 2 amide bonds. The van der Waals surface area contributed by atoms with E-state index in [0.717, 1.165) is 36.8 Å². The van der Waals surface area contributed by atoms with Crippen molar-refractivity contribution in [2.75, 3.05) is 20.1 Å². The predicted octanol–water partition coefficient (Wildman–Crippen LogP) is 10.8. The molecule has 0 radical (unpaired) electrons. The zero-order chi connectivity index (χ0) is 35.9. The molecule has 2 aromatic rings. The number of nitrogens with zero attached hydrogens (tertiary/aromatic N) is 3. The van der Waals surface area contributed by atoms with Crippen LogP contribution in [0.15, 0.2) is 29.4 Å². The Morgan fingerprint density at radius 1 is 1.15 bits per heavy atom. The van der Waals surface area contributed by atoms with Crippen molar-refractivity contribution in [3.8, 4) is 0 Å². The largest absolute Gasteiger partial charge is 2.00 e. The number of hydrogen-bond acceptors (Lipinski definition) is 4. The van der Waals surface area contributed by atoms with Gasteiger partial charge in [0, 0.05) is 38.3 Å². The summed E-state index contributed by atoms with van der Waals surface area (Å²) in [7, 11) is 1.66. The molecule has 3 rings (SSSR count). The Morgan fingerprint density at radius 2 is 1.74 bits per heavy atom. The number of ketones is 1. The van der Waals surface area contributed by atoms with Gasteiger partial charge in [0.15, 0.2) is 0 Å². The first-order valence-electron chi connectivity index (χ1n) is 17.0. The van der Waals surface area contributed by atoms with E-state index in [4.69, 9.17) is 11.6 Å². The van der Waals surface area contributed by atoms with E-state index >= 15 is 0 Å². The fraction of sp³-hybridized carbons (Fsp3) is 0.615. The van der Waals surface area contributed by atoms with E-state index in [1.807, 2.05) is 20.8 Å². The third kappa shape index (κ3) is 22.6. The van der Waals surface area contributed by atoms with E-state index in [-0.39, 0.29) is 42.9 Å². The van der Waals surface area contributed by atoms with Crippen LogP contribution in [0.4, 0.5) is 4.79 Å². The van der Waals surface area contributed by atoms with E-state index in [9.17, 15) is 9.59 Å². The fourth-order valence-electron chi connectivity index (χ4n) is 4.57. The molecule has 1 aliphatic heterocycles. The van der Waals surface area contributed by atoms with Gasteiger partial charge in [-0.25, -0.2) is 9.78 Å². The second-order valence-electron chi connectivity index (χ2n) is 12.8. The predicted molar refractivity (Wildman–Crippen MR) is 200 cm³/mol. The van der Waals surface area contributed by atoms with Gasteiger partial charge in [-0.3, -0.25) is 9.89 Å². The third-order valence-electron chi connectivity index (χ3n) is 6.99. The summed E-state index contributed by atoms with van der Waals surface area (Å²) in [6.45, 7) is 30.2. The fourth-order valence-corrected chi connectivity index (χ4v) is 4.79. The third-order valence-corrected chi connectivity index (χ3v) is 7.19. The monoisotopic (exact) mass is 895 g/mol. The van der Waals surface area contributed by atoms with Gasteiger partial charge in [-0.15, -0.1) is 0 Å². The Morgan fingerprint density at radius 3 is 2.09 bits per heavy atom. The van der Waals surface area contributed by atoms with E-state index < -0.39 is 0 Å². The van der Waals surface area contributed by atoms with Gasteiger partial charge < -0.3 is 17.0 Å². The SMILES string of the molecule is CCCC(C)(C)C.CCCC(C)=O.CCc1cc(C)[c-]cc1C(C)CC.CN=C(c1cnc(Cl)cc1C)N1CCNC1=O.[CH2-]CC.[U+2]. The molecule has 1 saturated heterocycles. The van der Waals surface area contributed by atoms with Crippen molar-refractivity contribution in [1.29, 1.82) is 0 Å².